The van der Waals surface area contributed by atoms with E-state index in [1.54, 1.807) is 24.3 Å². The Hall–Kier alpha value is -3.23. The molecule has 0 saturated carbocycles. The molecular formula is C13H11N5O4. The van der Waals surface area contributed by atoms with Crippen molar-refractivity contribution < 1.29 is 19.4 Å². The monoisotopic (exact) mass is 301 g/mol. The number of aromatic nitrogens is 4. The molecule has 1 unspecified atom stereocenters. The van der Waals surface area contributed by atoms with Crippen LogP contribution in [-0.4, -0.2) is 44.4 Å². The molecule has 2 heterocycles. The summed E-state index contributed by atoms with van der Waals surface area (Å²) >= 11 is 0. The molecule has 3 rings (SSSR count). The van der Waals surface area contributed by atoms with E-state index in [4.69, 9.17) is 5.11 Å². The maximum Gasteiger partial charge on any atom is 0.352 e. The fourth-order valence-corrected chi connectivity index (χ4v) is 2.15. The Morgan fingerprint density at radius 3 is 2.68 bits per heavy atom. The van der Waals surface area contributed by atoms with Gasteiger partial charge >= 0.3 is 11.9 Å². The molecule has 22 heavy (non-hydrogen) atoms. The molecule has 0 amide bonds. The lowest BCUT2D eigenvalue weighted by Crippen LogP contribution is -2.24. The Morgan fingerprint density at radius 2 is 2.05 bits per heavy atom. The number of carboxylic acid groups (broad SMARTS) is 1. The minimum atomic E-state index is -1.11. The number of fused-ring (bicyclic) bond motifs is 1. The van der Waals surface area contributed by atoms with Gasteiger partial charge in [-0.3, -0.25) is 0 Å². The van der Waals surface area contributed by atoms with Crippen LogP contribution in [0, 0.1) is 0 Å². The second kappa shape index (κ2) is 5.28. The number of nitrogens with zero attached hydrogens (tertiary/aromatic N) is 4. The highest BCUT2D eigenvalue weighted by atomic mass is 16.5. The van der Waals surface area contributed by atoms with E-state index in [0.29, 0.717) is 5.56 Å². The van der Waals surface area contributed by atoms with Gasteiger partial charge in [0.1, 0.15) is 11.7 Å². The maximum absolute atomic E-state index is 11.4. The third-order valence-electron chi connectivity index (χ3n) is 3.23. The number of tetrazole rings is 1. The molecule has 2 aromatic rings. The number of hydrogen-bond donors (Lipinski definition) is 2. The fourth-order valence-electron chi connectivity index (χ4n) is 2.15. The number of benzene rings is 1. The number of aliphatic carboxylic acids is 1. The van der Waals surface area contributed by atoms with Gasteiger partial charge in [-0.2, -0.15) is 4.68 Å². The van der Waals surface area contributed by atoms with Gasteiger partial charge in [-0.25, -0.2) is 9.59 Å². The molecule has 0 bridgehead atoms. The van der Waals surface area contributed by atoms with Gasteiger partial charge in [0, 0.05) is 0 Å². The minimum Gasteiger partial charge on any atom is -0.477 e. The molecule has 1 aromatic carbocycles. The van der Waals surface area contributed by atoms with Crippen molar-refractivity contribution in [2.75, 3.05) is 12.4 Å². The number of hydrogen-bond acceptors (Lipinski definition) is 7. The molecule has 0 radical (unpaired) electrons. The minimum absolute atomic E-state index is 0.00987. The van der Waals surface area contributed by atoms with Gasteiger partial charge in [0.15, 0.2) is 0 Å². The van der Waals surface area contributed by atoms with Crippen LogP contribution in [0.5, 0.6) is 0 Å². The van der Waals surface area contributed by atoms with Crippen LogP contribution in [0.3, 0.4) is 0 Å². The number of allylic oxidation sites excluding steroid dienone is 1. The smallest absolute Gasteiger partial charge is 0.352 e. The van der Waals surface area contributed by atoms with E-state index in [1.165, 1.54) is 17.9 Å². The number of esters is 1. The van der Waals surface area contributed by atoms with Gasteiger partial charge in [-0.05, 0) is 34.2 Å². The van der Waals surface area contributed by atoms with Crippen molar-refractivity contribution in [3.05, 3.63) is 47.2 Å². The first-order valence-electron chi connectivity index (χ1n) is 6.28. The van der Waals surface area contributed by atoms with Crippen molar-refractivity contribution in [2.24, 2.45) is 0 Å². The zero-order chi connectivity index (χ0) is 15.7. The standard InChI is InChI=1S/C13H11N5O4/c1-22-12(21)8-4-2-7(3-5-8)10-6-9(11(19)20)14-13-15-16-17-18(10)13/h2-6,10H,1H3,(H,19,20)(H,14,15,17). The van der Waals surface area contributed by atoms with Gasteiger partial charge in [0.25, 0.3) is 0 Å². The van der Waals surface area contributed by atoms with Crippen LogP contribution in [0.4, 0.5) is 5.95 Å². The molecule has 1 aromatic heterocycles. The lowest BCUT2D eigenvalue weighted by Gasteiger charge is -2.21. The average Bonchev–Trinajstić information content (AvgIpc) is 3.01. The summed E-state index contributed by atoms with van der Waals surface area (Å²) in [5.41, 5.74) is 1.13. The maximum atomic E-state index is 11.4. The van der Waals surface area contributed by atoms with Crippen molar-refractivity contribution >= 4 is 17.9 Å². The summed E-state index contributed by atoms with van der Waals surface area (Å²) in [4.78, 5) is 22.6. The molecule has 9 heteroatoms. The number of methoxy groups -OCH3 is 1. The molecule has 2 N–H and O–H groups in total. The van der Waals surface area contributed by atoms with E-state index in [9.17, 15) is 9.59 Å². The summed E-state index contributed by atoms with van der Waals surface area (Å²) in [6.07, 6.45) is 1.50. The number of nitrogens with one attached hydrogen (secondary N) is 1. The highest BCUT2D eigenvalue weighted by Gasteiger charge is 2.26. The molecule has 9 nitrogen and oxygen atoms in total. The predicted molar refractivity (Wildman–Crippen MR) is 73.1 cm³/mol. The SMILES string of the molecule is COC(=O)c1ccc(C2C=C(C(=O)O)Nc3nnnn32)cc1. The predicted octanol–water partition coefficient (Wildman–Crippen LogP) is 0.443. The van der Waals surface area contributed by atoms with E-state index in [2.05, 4.69) is 25.6 Å². The highest BCUT2D eigenvalue weighted by molar-refractivity contribution is 5.90. The van der Waals surface area contributed by atoms with Gasteiger partial charge in [-0.15, -0.1) is 0 Å². The number of carboxylic acids is 1. The van der Waals surface area contributed by atoms with Gasteiger partial charge in [0.2, 0.25) is 5.95 Å². The fraction of sp³-hybridized carbons (Fsp3) is 0.154. The summed E-state index contributed by atoms with van der Waals surface area (Å²) in [6, 6.07) is 6.11. The Labute approximate surface area is 124 Å². The van der Waals surface area contributed by atoms with Crippen molar-refractivity contribution in [3.63, 3.8) is 0 Å². The zero-order valence-corrected chi connectivity index (χ0v) is 11.4. The first kappa shape index (κ1) is 13.7. The Balaban J connectivity index is 2.00. The van der Waals surface area contributed by atoms with E-state index in [1.807, 2.05) is 0 Å². The van der Waals surface area contributed by atoms with Crippen LogP contribution in [-0.2, 0) is 9.53 Å². The average molecular weight is 301 g/mol. The van der Waals surface area contributed by atoms with Crippen LogP contribution in [0.25, 0.3) is 0 Å². The lowest BCUT2D eigenvalue weighted by atomic mass is 10.0. The molecule has 0 aliphatic carbocycles. The van der Waals surface area contributed by atoms with E-state index < -0.39 is 18.0 Å². The number of rotatable bonds is 3. The number of ether oxygens (including phenoxy) is 1. The van der Waals surface area contributed by atoms with Crippen LogP contribution < -0.4 is 5.32 Å². The first-order valence-corrected chi connectivity index (χ1v) is 6.28. The van der Waals surface area contributed by atoms with Crippen LogP contribution in [0.15, 0.2) is 36.0 Å². The third kappa shape index (κ3) is 2.28. The van der Waals surface area contributed by atoms with E-state index >= 15 is 0 Å². The van der Waals surface area contributed by atoms with E-state index in [0.717, 1.165) is 5.56 Å². The third-order valence-corrected chi connectivity index (χ3v) is 3.23. The van der Waals surface area contributed by atoms with Crippen molar-refractivity contribution in [2.45, 2.75) is 6.04 Å². The molecule has 0 fully saturated rings. The first-order chi connectivity index (χ1) is 10.6. The van der Waals surface area contributed by atoms with Gasteiger partial charge in [-0.1, -0.05) is 17.2 Å². The van der Waals surface area contributed by atoms with Crippen LogP contribution in [0.2, 0.25) is 0 Å². The second-order valence-electron chi connectivity index (χ2n) is 4.52. The summed E-state index contributed by atoms with van der Waals surface area (Å²) in [5.74, 6) is -1.31. The Morgan fingerprint density at radius 1 is 1.32 bits per heavy atom. The van der Waals surface area contributed by atoms with Crippen molar-refractivity contribution in [1.82, 2.24) is 20.2 Å². The largest absolute Gasteiger partial charge is 0.477 e. The quantitative estimate of drug-likeness (QED) is 0.784. The molecular weight excluding hydrogens is 290 g/mol. The Kier molecular flexibility index (Phi) is 3.30. The number of carbonyl (C=O) groups excluding carboxylic acids is 1. The zero-order valence-electron chi connectivity index (χ0n) is 11.4. The molecule has 112 valence electrons. The molecule has 0 spiro atoms. The van der Waals surface area contributed by atoms with Crippen molar-refractivity contribution in [3.8, 4) is 0 Å². The number of anilines is 1. The van der Waals surface area contributed by atoms with Gasteiger partial charge in [0.05, 0.1) is 12.7 Å². The summed E-state index contributed by atoms with van der Waals surface area (Å²) in [5, 5.41) is 22.9. The number of carbonyl (C=O) groups is 2. The normalized spacial score (nSPS) is 16.2. The van der Waals surface area contributed by atoms with Crippen molar-refractivity contribution in [1.29, 1.82) is 0 Å². The molecule has 1 atom stereocenters. The Bertz CT molecular complexity index is 765. The molecule has 0 saturated heterocycles. The second-order valence-corrected chi connectivity index (χ2v) is 4.52. The molecule has 1 aliphatic heterocycles. The van der Waals surface area contributed by atoms with Crippen LogP contribution in [0.1, 0.15) is 22.0 Å². The highest BCUT2D eigenvalue weighted by Crippen LogP contribution is 2.27. The topological polar surface area (TPSA) is 119 Å². The summed E-state index contributed by atoms with van der Waals surface area (Å²) in [6.45, 7) is 0. The van der Waals surface area contributed by atoms with Gasteiger partial charge < -0.3 is 15.2 Å². The van der Waals surface area contributed by atoms with E-state index in [-0.39, 0.29) is 11.6 Å². The summed E-state index contributed by atoms with van der Waals surface area (Å²) < 4.78 is 6.10. The molecule has 1 aliphatic rings. The summed E-state index contributed by atoms with van der Waals surface area (Å²) in [7, 11) is 1.30. The lowest BCUT2D eigenvalue weighted by molar-refractivity contribution is -0.132. The van der Waals surface area contributed by atoms with Crippen LogP contribution >= 0.6 is 0 Å².